The summed E-state index contributed by atoms with van der Waals surface area (Å²) in [5.41, 5.74) is 0.224. The number of ether oxygens (including phenoxy) is 1. The van der Waals surface area contributed by atoms with E-state index in [4.69, 9.17) is 4.74 Å². The van der Waals surface area contributed by atoms with Gasteiger partial charge in [-0.2, -0.15) is 4.31 Å². The maximum Gasteiger partial charge on any atom is 0.251 e. The minimum absolute atomic E-state index is 0.0536. The van der Waals surface area contributed by atoms with Gasteiger partial charge in [0, 0.05) is 37.8 Å². The molecule has 2 aliphatic heterocycles. The fourth-order valence-corrected chi connectivity index (χ4v) is 6.45. The molecule has 1 N–H and O–H groups in total. The van der Waals surface area contributed by atoms with E-state index in [1.165, 1.54) is 20.7 Å². The Balaban J connectivity index is 1.74. The molecular weight excluding hydrogens is 430 g/mol. The number of morpholine rings is 1. The molecule has 0 spiro atoms. The molecule has 9 nitrogen and oxygen atoms in total. The van der Waals surface area contributed by atoms with Crippen LogP contribution in [0.25, 0.3) is 0 Å². The average molecular weight is 460 g/mol. The minimum atomic E-state index is -3.76. The van der Waals surface area contributed by atoms with Gasteiger partial charge < -0.3 is 10.1 Å². The fourth-order valence-electron chi connectivity index (χ4n) is 3.90. The van der Waals surface area contributed by atoms with Crippen LogP contribution < -0.4 is 5.32 Å². The summed E-state index contributed by atoms with van der Waals surface area (Å²) in [6.07, 6.45) is 2.05. The van der Waals surface area contributed by atoms with Crippen LogP contribution in [0.1, 0.15) is 37.0 Å². The predicted octanol–water partition coefficient (Wildman–Crippen LogP) is 0.638. The molecule has 1 aromatic rings. The zero-order valence-electron chi connectivity index (χ0n) is 17.4. The fraction of sp³-hybridized carbons (Fsp3) is 0.632. The van der Waals surface area contributed by atoms with Crippen LogP contribution in [0, 0.1) is 0 Å². The predicted molar refractivity (Wildman–Crippen MR) is 112 cm³/mol. The van der Waals surface area contributed by atoms with Crippen LogP contribution in [0.15, 0.2) is 29.2 Å². The molecule has 30 heavy (non-hydrogen) atoms. The maximum atomic E-state index is 13.1. The van der Waals surface area contributed by atoms with Crippen molar-refractivity contribution in [1.29, 1.82) is 0 Å². The number of piperidine rings is 1. The average Bonchev–Trinajstić information content (AvgIpc) is 2.67. The van der Waals surface area contributed by atoms with E-state index in [9.17, 15) is 21.6 Å². The van der Waals surface area contributed by atoms with Crippen molar-refractivity contribution in [2.24, 2.45) is 0 Å². The molecule has 0 bridgehead atoms. The van der Waals surface area contributed by atoms with Crippen molar-refractivity contribution in [3.63, 3.8) is 0 Å². The second-order valence-corrected chi connectivity index (χ2v) is 12.0. The van der Waals surface area contributed by atoms with Crippen molar-refractivity contribution in [3.8, 4) is 0 Å². The highest BCUT2D eigenvalue weighted by Crippen LogP contribution is 2.22. The SMILES string of the molecule is CC1CN(S(=O)(=O)c2cccc(C(=O)NC3CCCN(S(C)(=O)=O)C3)c2)CC(C)O1. The minimum Gasteiger partial charge on any atom is -0.373 e. The van der Waals surface area contributed by atoms with Gasteiger partial charge in [-0.3, -0.25) is 4.79 Å². The topological polar surface area (TPSA) is 113 Å². The maximum absolute atomic E-state index is 13.1. The van der Waals surface area contributed by atoms with E-state index in [2.05, 4.69) is 5.32 Å². The third-order valence-corrected chi connectivity index (χ3v) is 8.41. The standard InChI is InChI=1S/C19H29N3O6S2/c1-14-11-22(12-15(2)28-14)30(26,27)18-8-4-6-16(10-18)19(23)20-17-7-5-9-21(13-17)29(3,24)25/h4,6,8,10,14-15,17H,5,7,9,11-13H2,1-3H3,(H,20,23). The Kier molecular flexibility index (Phi) is 6.87. The molecule has 0 saturated carbocycles. The van der Waals surface area contributed by atoms with Crippen molar-refractivity contribution < 1.29 is 26.4 Å². The van der Waals surface area contributed by atoms with Crippen LogP contribution in [0.2, 0.25) is 0 Å². The molecule has 1 amide bonds. The molecule has 11 heteroatoms. The lowest BCUT2D eigenvalue weighted by atomic mass is 10.1. The van der Waals surface area contributed by atoms with Crippen LogP contribution >= 0.6 is 0 Å². The molecule has 3 rings (SSSR count). The Labute approximate surface area is 178 Å². The summed E-state index contributed by atoms with van der Waals surface area (Å²) in [4.78, 5) is 12.8. The smallest absolute Gasteiger partial charge is 0.251 e. The molecule has 1 aromatic carbocycles. The summed E-state index contributed by atoms with van der Waals surface area (Å²) in [7, 11) is -7.08. The Bertz CT molecular complexity index is 985. The number of nitrogens with zero attached hydrogens (tertiary/aromatic N) is 2. The summed E-state index contributed by atoms with van der Waals surface area (Å²) >= 11 is 0. The van der Waals surface area contributed by atoms with Crippen molar-refractivity contribution >= 4 is 26.0 Å². The first-order chi connectivity index (χ1) is 14.0. The lowest BCUT2D eigenvalue weighted by molar-refractivity contribution is -0.0440. The lowest BCUT2D eigenvalue weighted by Gasteiger charge is -2.34. The number of sulfonamides is 2. The first-order valence-corrected chi connectivity index (χ1v) is 13.3. The number of hydrogen-bond donors (Lipinski definition) is 1. The summed E-state index contributed by atoms with van der Waals surface area (Å²) in [6.45, 7) is 4.82. The second kappa shape index (κ2) is 8.91. The molecule has 3 atom stereocenters. The highest BCUT2D eigenvalue weighted by molar-refractivity contribution is 7.89. The van der Waals surface area contributed by atoms with Gasteiger partial charge in [0.1, 0.15) is 0 Å². The van der Waals surface area contributed by atoms with Crippen molar-refractivity contribution in [2.45, 2.75) is 49.8 Å². The van der Waals surface area contributed by atoms with Gasteiger partial charge in [-0.1, -0.05) is 6.07 Å². The van der Waals surface area contributed by atoms with E-state index in [0.29, 0.717) is 19.4 Å². The molecule has 0 aromatic heterocycles. The number of rotatable bonds is 5. The first kappa shape index (κ1) is 23.1. The number of nitrogens with one attached hydrogen (secondary N) is 1. The van der Waals surface area contributed by atoms with Crippen molar-refractivity contribution in [2.75, 3.05) is 32.4 Å². The van der Waals surface area contributed by atoms with E-state index in [1.54, 1.807) is 12.1 Å². The van der Waals surface area contributed by atoms with E-state index in [-0.39, 0.29) is 48.3 Å². The molecule has 2 fully saturated rings. The van der Waals surface area contributed by atoms with Gasteiger partial charge in [0.25, 0.3) is 5.91 Å². The van der Waals surface area contributed by atoms with Crippen LogP contribution in [0.4, 0.5) is 0 Å². The molecule has 168 valence electrons. The molecule has 0 radical (unpaired) electrons. The monoisotopic (exact) mass is 459 g/mol. The van der Waals surface area contributed by atoms with Crippen LogP contribution in [-0.4, -0.2) is 82.0 Å². The van der Waals surface area contributed by atoms with E-state index in [0.717, 1.165) is 6.26 Å². The highest BCUT2D eigenvalue weighted by atomic mass is 32.2. The number of hydrogen-bond acceptors (Lipinski definition) is 6. The zero-order chi connectivity index (χ0) is 22.1. The molecular formula is C19H29N3O6S2. The van der Waals surface area contributed by atoms with Gasteiger partial charge in [0.05, 0.1) is 23.4 Å². The van der Waals surface area contributed by atoms with Crippen molar-refractivity contribution in [3.05, 3.63) is 29.8 Å². The van der Waals surface area contributed by atoms with Gasteiger partial charge in [-0.25, -0.2) is 21.1 Å². The summed E-state index contributed by atoms with van der Waals surface area (Å²) in [6, 6.07) is 5.62. The van der Waals surface area contributed by atoms with E-state index >= 15 is 0 Å². The van der Waals surface area contributed by atoms with E-state index < -0.39 is 26.0 Å². The van der Waals surface area contributed by atoms with Gasteiger partial charge >= 0.3 is 0 Å². The molecule has 0 aliphatic carbocycles. The molecule has 2 saturated heterocycles. The van der Waals surface area contributed by atoms with Crippen LogP contribution in [0.3, 0.4) is 0 Å². The Morgan fingerprint density at radius 3 is 2.37 bits per heavy atom. The third-order valence-electron chi connectivity index (χ3n) is 5.31. The number of benzene rings is 1. The summed E-state index contributed by atoms with van der Waals surface area (Å²) < 4.78 is 58.0. The van der Waals surface area contributed by atoms with Gasteiger partial charge in [0.15, 0.2) is 0 Å². The number of carbonyl (C=O) groups excluding carboxylic acids is 1. The number of amides is 1. The normalized spacial score (nSPS) is 27.0. The number of carbonyl (C=O) groups is 1. The Morgan fingerprint density at radius 1 is 1.07 bits per heavy atom. The summed E-state index contributed by atoms with van der Waals surface area (Å²) in [5, 5.41) is 2.84. The van der Waals surface area contributed by atoms with E-state index in [1.807, 2.05) is 13.8 Å². The Hall–Kier alpha value is -1.53. The van der Waals surface area contributed by atoms with Crippen LogP contribution in [-0.2, 0) is 24.8 Å². The third kappa shape index (κ3) is 5.38. The van der Waals surface area contributed by atoms with Crippen LogP contribution in [0.5, 0.6) is 0 Å². The lowest BCUT2D eigenvalue weighted by Crippen LogP contribution is -2.49. The molecule has 3 unspecified atom stereocenters. The first-order valence-electron chi connectivity index (χ1n) is 9.98. The van der Waals surface area contributed by atoms with Gasteiger partial charge in [-0.05, 0) is 44.9 Å². The highest BCUT2D eigenvalue weighted by Gasteiger charge is 2.33. The zero-order valence-corrected chi connectivity index (χ0v) is 19.1. The van der Waals surface area contributed by atoms with Gasteiger partial charge in [0.2, 0.25) is 20.0 Å². The Morgan fingerprint density at radius 2 is 1.73 bits per heavy atom. The van der Waals surface area contributed by atoms with Crippen molar-refractivity contribution in [1.82, 2.24) is 13.9 Å². The quantitative estimate of drug-likeness (QED) is 0.691. The molecule has 2 aliphatic rings. The summed E-state index contributed by atoms with van der Waals surface area (Å²) in [5.74, 6) is -0.420. The molecule has 2 heterocycles. The van der Waals surface area contributed by atoms with Gasteiger partial charge in [-0.15, -0.1) is 0 Å². The second-order valence-electron chi connectivity index (χ2n) is 8.04. The largest absolute Gasteiger partial charge is 0.373 e.